The molecule has 0 amide bonds. The number of hydrogen-bond acceptors (Lipinski definition) is 19. The highest BCUT2D eigenvalue weighted by atomic mass is 31.3. The lowest BCUT2D eigenvalue weighted by Gasteiger charge is -2.21. The summed E-state index contributed by atoms with van der Waals surface area (Å²) in [5.41, 5.74) is 4.35. The van der Waals surface area contributed by atoms with Gasteiger partial charge < -0.3 is 54.9 Å². The molecule has 10 N–H and O–H groups in total. The van der Waals surface area contributed by atoms with Crippen molar-refractivity contribution in [3.05, 3.63) is 39.2 Å². The van der Waals surface area contributed by atoms with Crippen molar-refractivity contribution in [2.24, 2.45) is 7.05 Å². The predicted molar refractivity (Wildman–Crippen MR) is 169 cm³/mol. The summed E-state index contributed by atoms with van der Waals surface area (Å²) in [5, 5.41) is 32.0. The number of aromatic amines is 2. The Hall–Kier alpha value is -3.33. The number of aliphatic hydroxyl groups is 3. The summed E-state index contributed by atoms with van der Waals surface area (Å²) < 4.78 is 75.5. The second kappa shape index (κ2) is 14.4. The van der Waals surface area contributed by atoms with Gasteiger partial charge in [-0.3, -0.25) is 28.2 Å². The van der Waals surface area contributed by atoms with Gasteiger partial charge in [0, 0.05) is 7.11 Å². The molecule has 4 aromatic rings. The summed E-state index contributed by atoms with van der Waals surface area (Å²) in [4.78, 5) is 71.7. The maximum atomic E-state index is 12.6. The molecule has 0 radical (unpaired) electrons. The molecule has 292 valence electrons. The van der Waals surface area contributed by atoms with Gasteiger partial charge in [-0.15, -0.1) is 0 Å². The minimum Gasteiger partial charge on any atom is -0.387 e. The van der Waals surface area contributed by atoms with Crippen LogP contribution in [0.2, 0.25) is 0 Å². The molecule has 53 heavy (non-hydrogen) atoms. The standard InChI is InChI=1S/C23H32N9O18P3/c1-8-26-17-11(19(36)27-8)25-6-31(17)22-15(35)16(44-3)10(48-22)5-46-52(40,41)50-53(42,43)49-51(38,39)45-4-9-13(33)14(34)21(47-9)32-7-30(2)12-18(32)28-23(24)29-20(12)37/h6-7,9-10,13-16,21-22,33-35H,4-5H2,1-3H3,(H6-,24,26,27,28,29,36,37,38,39,40,41,42,43)/p+1/t9-,10-,13+,14?,15+,16?,21-,22-/m1/s1. The number of nitrogens with one attached hydrogen (secondary N) is 2. The van der Waals surface area contributed by atoms with E-state index in [0.717, 1.165) is 10.9 Å². The molecular formula is C23H33N9O18P3+. The number of hydrogen-bond donors (Lipinski definition) is 9. The molecule has 6 rings (SSSR count). The van der Waals surface area contributed by atoms with Crippen molar-refractivity contribution in [2.75, 3.05) is 26.1 Å². The van der Waals surface area contributed by atoms with E-state index >= 15 is 0 Å². The summed E-state index contributed by atoms with van der Waals surface area (Å²) in [7, 11) is -14.6. The van der Waals surface area contributed by atoms with E-state index in [4.69, 9.17) is 24.5 Å². The van der Waals surface area contributed by atoms with E-state index in [1.54, 1.807) is 0 Å². The average molecular weight is 816 g/mol. The highest BCUT2D eigenvalue weighted by Gasteiger charge is 2.51. The van der Waals surface area contributed by atoms with E-state index in [2.05, 4.69) is 38.1 Å². The summed E-state index contributed by atoms with van der Waals surface area (Å²) in [5.74, 6) is -0.0452. The van der Waals surface area contributed by atoms with E-state index in [1.807, 2.05) is 0 Å². The Morgan fingerprint density at radius 1 is 0.868 bits per heavy atom. The molecule has 2 aliphatic rings. The number of phosphoric acid groups is 3. The maximum Gasteiger partial charge on any atom is 0.490 e. The Labute approximate surface area is 294 Å². The molecule has 0 saturated carbocycles. The number of anilines is 1. The minimum atomic E-state index is -5.97. The molecule has 2 fully saturated rings. The molecule has 4 aromatic heterocycles. The molecule has 30 heteroatoms. The van der Waals surface area contributed by atoms with Crippen molar-refractivity contribution in [2.45, 2.75) is 56.0 Å². The fourth-order valence-electron chi connectivity index (χ4n) is 5.81. The fourth-order valence-corrected chi connectivity index (χ4v) is 9.33. The predicted octanol–water partition coefficient (Wildman–Crippen LogP) is -3.17. The Balaban J connectivity index is 1.06. The van der Waals surface area contributed by atoms with Crippen molar-refractivity contribution < 1.29 is 80.1 Å². The molecule has 2 aliphatic heterocycles. The van der Waals surface area contributed by atoms with E-state index in [0.29, 0.717) is 0 Å². The van der Waals surface area contributed by atoms with Crippen LogP contribution in [0, 0.1) is 6.92 Å². The number of methoxy groups -OCH3 is 1. The zero-order chi connectivity index (χ0) is 38.8. The van der Waals surface area contributed by atoms with E-state index in [-0.39, 0.29) is 34.1 Å². The van der Waals surface area contributed by atoms with E-state index < -0.39 is 96.9 Å². The Morgan fingerprint density at radius 2 is 1.47 bits per heavy atom. The van der Waals surface area contributed by atoms with Crippen molar-refractivity contribution in [3.8, 4) is 0 Å². The highest BCUT2D eigenvalue weighted by molar-refractivity contribution is 7.66. The number of nitrogens with zero attached hydrogens (tertiary/aromatic N) is 6. The molecule has 11 atom stereocenters. The lowest BCUT2D eigenvalue weighted by Crippen LogP contribution is -2.35. The first-order valence-corrected chi connectivity index (χ1v) is 19.5. The SMILES string of the molecule is COC1[C@@H](COP(=O)(O)OP(=O)(O)OP(=O)(O)OC[C@H]2O[C@@H](n3c[n+](C)c4c(=O)[nH]c(N)nc43)C(O)[C@H]2O)O[C@@H](n2cnc3c(=O)[nH]c(C)nc32)[C@H]1O. The number of imidazole rings is 2. The molecule has 2 saturated heterocycles. The summed E-state index contributed by atoms with van der Waals surface area (Å²) in [6.45, 7) is -0.488. The Morgan fingerprint density at radius 3 is 2.11 bits per heavy atom. The van der Waals surface area contributed by atoms with Crippen LogP contribution < -0.4 is 21.4 Å². The number of aryl methyl sites for hydroxylation is 2. The molecule has 6 heterocycles. The second-order valence-electron chi connectivity index (χ2n) is 11.7. The van der Waals surface area contributed by atoms with Crippen LogP contribution >= 0.6 is 23.5 Å². The van der Waals surface area contributed by atoms with Gasteiger partial charge in [0.2, 0.25) is 18.5 Å². The Bertz CT molecular complexity index is 2300. The van der Waals surface area contributed by atoms with Crippen LogP contribution in [-0.2, 0) is 52.6 Å². The van der Waals surface area contributed by atoms with Crippen molar-refractivity contribution >= 4 is 51.7 Å². The number of nitrogen functional groups attached to an aromatic ring is 1. The van der Waals surface area contributed by atoms with Crippen LogP contribution in [-0.4, -0.2) is 121 Å². The van der Waals surface area contributed by atoms with Crippen molar-refractivity contribution in [1.29, 1.82) is 0 Å². The summed E-state index contributed by atoms with van der Waals surface area (Å²) >= 11 is 0. The average Bonchev–Trinajstić information content (AvgIpc) is 3.76. The normalized spacial score (nSPS) is 29.8. The third-order valence-electron chi connectivity index (χ3n) is 8.02. The van der Waals surface area contributed by atoms with Gasteiger partial charge in [-0.05, 0) is 6.92 Å². The second-order valence-corrected chi connectivity index (χ2v) is 16.3. The number of nitrogens with two attached hydrogens (primary N) is 1. The lowest BCUT2D eigenvalue weighted by atomic mass is 10.1. The van der Waals surface area contributed by atoms with Gasteiger partial charge in [0.1, 0.15) is 42.4 Å². The van der Waals surface area contributed by atoms with Crippen molar-refractivity contribution in [3.63, 3.8) is 0 Å². The smallest absolute Gasteiger partial charge is 0.387 e. The molecule has 0 spiro atoms. The van der Waals surface area contributed by atoms with Crippen LogP contribution in [0.4, 0.5) is 5.95 Å². The van der Waals surface area contributed by atoms with Gasteiger partial charge in [-0.25, -0.2) is 28.2 Å². The largest absolute Gasteiger partial charge is 0.490 e. The molecule has 0 bridgehead atoms. The molecule has 0 aromatic carbocycles. The first-order chi connectivity index (χ1) is 24.7. The van der Waals surface area contributed by atoms with Gasteiger partial charge in [0.05, 0.1) is 26.6 Å². The molecule has 0 aliphatic carbocycles. The first-order valence-electron chi connectivity index (χ1n) is 15.0. The van der Waals surface area contributed by atoms with E-state index in [1.165, 1.54) is 36.5 Å². The van der Waals surface area contributed by atoms with Gasteiger partial charge in [-0.2, -0.15) is 18.2 Å². The number of H-pyrrole nitrogens is 2. The molecule has 5 unspecified atom stereocenters. The van der Waals surface area contributed by atoms with Gasteiger partial charge in [0.15, 0.2) is 17.4 Å². The van der Waals surface area contributed by atoms with Gasteiger partial charge in [0.25, 0.3) is 16.7 Å². The zero-order valence-corrected chi connectivity index (χ0v) is 30.1. The highest BCUT2D eigenvalue weighted by Crippen LogP contribution is 2.67. The molecular weight excluding hydrogens is 783 g/mol. The monoisotopic (exact) mass is 816 g/mol. The van der Waals surface area contributed by atoms with Crippen LogP contribution in [0.15, 0.2) is 22.2 Å². The maximum absolute atomic E-state index is 12.6. The first kappa shape index (κ1) is 39.4. The van der Waals surface area contributed by atoms with Gasteiger partial charge in [-0.1, -0.05) is 0 Å². The Kier molecular flexibility index (Phi) is 10.7. The van der Waals surface area contributed by atoms with Crippen molar-refractivity contribution in [1.82, 2.24) is 34.1 Å². The number of aliphatic hydroxyl groups excluding tert-OH is 3. The summed E-state index contributed by atoms with van der Waals surface area (Å²) in [6, 6.07) is 0. The van der Waals surface area contributed by atoms with Crippen LogP contribution in [0.1, 0.15) is 18.3 Å². The third kappa shape index (κ3) is 7.92. The molecule has 27 nitrogen and oxygen atoms in total. The number of phosphoric ester groups is 2. The minimum absolute atomic E-state index is 0.0204. The van der Waals surface area contributed by atoms with Crippen LogP contribution in [0.5, 0.6) is 0 Å². The number of rotatable bonds is 13. The lowest BCUT2D eigenvalue weighted by molar-refractivity contribution is -0.646. The van der Waals surface area contributed by atoms with Gasteiger partial charge >= 0.3 is 29.0 Å². The van der Waals surface area contributed by atoms with E-state index in [9.17, 15) is 53.3 Å². The number of fused-ring (bicyclic) bond motifs is 2. The van der Waals surface area contributed by atoms with Crippen LogP contribution in [0.25, 0.3) is 22.3 Å². The summed E-state index contributed by atoms with van der Waals surface area (Å²) in [6.07, 6.45) is -9.50. The van der Waals surface area contributed by atoms with Crippen LogP contribution in [0.3, 0.4) is 0 Å². The number of ether oxygens (including phenoxy) is 3. The quantitative estimate of drug-likeness (QED) is 0.0475. The third-order valence-corrected chi connectivity index (χ3v) is 12.3. The topological polar surface area (TPSA) is 381 Å². The fraction of sp³-hybridized carbons (Fsp3) is 0.565. The number of aromatic nitrogens is 8. The zero-order valence-electron chi connectivity index (χ0n) is 27.4.